The van der Waals surface area contributed by atoms with Crippen molar-refractivity contribution in [1.82, 2.24) is 10.2 Å². The van der Waals surface area contributed by atoms with Gasteiger partial charge in [0.1, 0.15) is 11.8 Å². The molecule has 5 nitrogen and oxygen atoms in total. The molecule has 0 fully saturated rings. The second-order valence-corrected chi connectivity index (χ2v) is 7.94. The first-order chi connectivity index (χ1) is 15.5. The molecule has 1 N–H and O–H groups in total. The molecule has 32 heavy (non-hydrogen) atoms. The minimum Gasteiger partial charge on any atom is -0.484 e. The van der Waals surface area contributed by atoms with Crippen LogP contribution in [0.25, 0.3) is 0 Å². The Hall–Kier alpha value is -3.60. The zero-order chi connectivity index (χ0) is 22.9. The first kappa shape index (κ1) is 23.1. The third kappa shape index (κ3) is 6.45. The molecule has 0 aliphatic heterocycles. The molecule has 0 radical (unpaired) electrons. The number of nitrogens with zero attached hydrogens (tertiary/aromatic N) is 1. The van der Waals surface area contributed by atoms with Gasteiger partial charge in [0.15, 0.2) is 6.61 Å². The summed E-state index contributed by atoms with van der Waals surface area (Å²) in [5.74, 6) is 0.206. The van der Waals surface area contributed by atoms with Gasteiger partial charge in [-0.25, -0.2) is 0 Å². The zero-order valence-corrected chi connectivity index (χ0v) is 18.9. The number of ether oxygens (including phenoxy) is 1. The maximum absolute atomic E-state index is 13.4. The second-order valence-electron chi connectivity index (χ2n) is 7.94. The van der Waals surface area contributed by atoms with Gasteiger partial charge in [-0.15, -0.1) is 0 Å². The first-order valence-electron chi connectivity index (χ1n) is 10.8. The highest BCUT2D eigenvalue weighted by atomic mass is 16.5. The van der Waals surface area contributed by atoms with Crippen LogP contribution < -0.4 is 10.1 Å². The topological polar surface area (TPSA) is 58.6 Å². The van der Waals surface area contributed by atoms with Crippen LogP contribution >= 0.6 is 0 Å². The molecule has 0 saturated heterocycles. The van der Waals surface area contributed by atoms with Crippen LogP contribution in [0.1, 0.15) is 22.3 Å². The number of hydrogen-bond donors (Lipinski definition) is 1. The van der Waals surface area contributed by atoms with Crippen molar-refractivity contribution < 1.29 is 14.3 Å². The lowest BCUT2D eigenvalue weighted by atomic mass is 10.0. The van der Waals surface area contributed by atoms with Gasteiger partial charge in [-0.2, -0.15) is 0 Å². The fourth-order valence-corrected chi connectivity index (χ4v) is 3.74. The van der Waals surface area contributed by atoms with E-state index >= 15 is 0 Å². The van der Waals surface area contributed by atoms with Crippen LogP contribution in [0.3, 0.4) is 0 Å². The van der Waals surface area contributed by atoms with Crippen molar-refractivity contribution in [1.29, 1.82) is 0 Å². The lowest BCUT2D eigenvalue weighted by molar-refractivity contribution is -0.142. The molecule has 166 valence electrons. The lowest BCUT2D eigenvalue weighted by Crippen LogP contribution is -2.51. The predicted octanol–water partition coefficient (Wildman–Crippen LogP) is 4.07. The highest BCUT2D eigenvalue weighted by molar-refractivity contribution is 5.88. The standard InChI is InChI=1S/C27H30N2O3/c1-20-14-21(2)16-24(15-20)32-19-26(30)29(18-23-12-8-5-9-13-23)25(27(31)28-3)17-22-10-6-4-7-11-22/h4-16,25H,17-19H2,1-3H3,(H,28,31)/t25-/m0/s1. The van der Waals surface area contributed by atoms with Crippen LogP contribution in [-0.2, 0) is 22.6 Å². The number of benzene rings is 3. The number of nitrogens with one attached hydrogen (secondary N) is 1. The van der Waals surface area contributed by atoms with Crippen LogP contribution in [0.5, 0.6) is 5.75 Å². The Morgan fingerprint density at radius 2 is 1.44 bits per heavy atom. The number of likely N-dealkylation sites (N-methyl/N-ethyl adjacent to an activating group) is 1. The monoisotopic (exact) mass is 430 g/mol. The van der Waals surface area contributed by atoms with E-state index in [1.54, 1.807) is 11.9 Å². The molecule has 0 unspecified atom stereocenters. The molecule has 3 aromatic rings. The number of rotatable bonds is 9. The van der Waals surface area contributed by atoms with Crippen LogP contribution in [0.15, 0.2) is 78.9 Å². The highest BCUT2D eigenvalue weighted by Crippen LogP contribution is 2.18. The van der Waals surface area contributed by atoms with E-state index in [-0.39, 0.29) is 18.4 Å². The Labute approximate surface area is 190 Å². The summed E-state index contributed by atoms with van der Waals surface area (Å²) in [6.07, 6.45) is 0.419. The van der Waals surface area contributed by atoms with Crippen molar-refractivity contribution >= 4 is 11.8 Å². The summed E-state index contributed by atoms with van der Waals surface area (Å²) in [6, 6.07) is 24.6. The summed E-state index contributed by atoms with van der Waals surface area (Å²) in [7, 11) is 1.59. The summed E-state index contributed by atoms with van der Waals surface area (Å²) in [5.41, 5.74) is 4.08. The number of aryl methyl sites for hydroxylation is 2. The first-order valence-corrected chi connectivity index (χ1v) is 10.8. The molecule has 2 amide bonds. The summed E-state index contributed by atoms with van der Waals surface area (Å²) >= 11 is 0. The Bertz CT molecular complexity index is 1020. The number of carbonyl (C=O) groups is 2. The normalized spacial score (nSPS) is 11.5. The number of carbonyl (C=O) groups excluding carboxylic acids is 2. The molecular formula is C27H30N2O3. The highest BCUT2D eigenvalue weighted by Gasteiger charge is 2.30. The van der Waals surface area contributed by atoms with Gasteiger partial charge in [0.25, 0.3) is 5.91 Å². The minimum atomic E-state index is -0.655. The summed E-state index contributed by atoms with van der Waals surface area (Å²) < 4.78 is 5.84. The van der Waals surface area contributed by atoms with Gasteiger partial charge < -0.3 is 15.0 Å². The molecule has 0 heterocycles. The maximum Gasteiger partial charge on any atom is 0.261 e. The summed E-state index contributed by atoms with van der Waals surface area (Å²) in [5, 5.41) is 2.72. The number of amides is 2. The van der Waals surface area contributed by atoms with Gasteiger partial charge in [0, 0.05) is 20.0 Å². The molecule has 0 aliphatic rings. The fraction of sp³-hybridized carbons (Fsp3) is 0.259. The van der Waals surface area contributed by atoms with Gasteiger partial charge >= 0.3 is 0 Å². The van der Waals surface area contributed by atoms with Gasteiger partial charge in [-0.05, 0) is 48.2 Å². The lowest BCUT2D eigenvalue weighted by Gasteiger charge is -2.31. The van der Waals surface area contributed by atoms with E-state index in [4.69, 9.17) is 4.74 Å². The third-order valence-electron chi connectivity index (χ3n) is 5.27. The molecular weight excluding hydrogens is 400 g/mol. The van der Waals surface area contributed by atoms with Crippen LogP contribution in [0.4, 0.5) is 0 Å². The molecule has 0 spiro atoms. The molecule has 0 saturated carbocycles. The Morgan fingerprint density at radius 3 is 2.00 bits per heavy atom. The summed E-state index contributed by atoms with van der Waals surface area (Å²) in [4.78, 5) is 27.8. The van der Waals surface area contributed by atoms with Crippen molar-refractivity contribution in [2.75, 3.05) is 13.7 Å². The quantitative estimate of drug-likeness (QED) is 0.557. The minimum absolute atomic E-state index is 0.141. The molecule has 5 heteroatoms. The van der Waals surface area contributed by atoms with Gasteiger partial charge in [0.05, 0.1) is 0 Å². The van der Waals surface area contributed by atoms with Crippen LogP contribution in [-0.4, -0.2) is 36.4 Å². The Kier molecular flexibility index (Phi) is 8.03. The predicted molar refractivity (Wildman–Crippen MR) is 126 cm³/mol. The smallest absolute Gasteiger partial charge is 0.261 e. The molecule has 3 aromatic carbocycles. The van der Waals surface area contributed by atoms with Crippen molar-refractivity contribution in [2.24, 2.45) is 0 Å². The zero-order valence-electron chi connectivity index (χ0n) is 18.9. The van der Waals surface area contributed by atoms with Crippen molar-refractivity contribution in [3.05, 3.63) is 101 Å². The average molecular weight is 431 g/mol. The van der Waals surface area contributed by atoms with E-state index in [1.165, 1.54) is 0 Å². The second kappa shape index (κ2) is 11.1. The van der Waals surface area contributed by atoms with Crippen LogP contribution in [0, 0.1) is 13.8 Å². The SMILES string of the molecule is CNC(=O)[C@H](Cc1ccccc1)N(Cc1ccccc1)C(=O)COc1cc(C)cc(C)c1. The maximum atomic E-state index is 13.4. The van der Waals surface area contributed by atoms with Gasteiger partial charge in [0.2, 0.25) is 5.91 Å². The average Bonchev–Trinajstić information content (AvgIpc) is 2.80. The largest absolute Gasteiger partial charge is 0.484 e. The Balaban J connectivity index is 1.85. The third-order valence-corrected chi connectivity index (χ3v) is 5.27. The molecule has 0 aliphatic carbocycles. The van der Waals surface area contributed by atoms with E-state index < -0.39 is 6.04 Å². The van der Waals surface area contributed by atoms with E-state index in [2.05, 4.69) is 11.4 Å². The van der Waals surface area contributed by atoms with Crippen molar-refractivity contribution in [3.8, 4) is 5.75 Å². The van der Waals surface area contributed by atoms with E-state index in [0.29, 0.717) is 18.7 Å². The molecule has 1 atom stereocenters. The van der Waals surface area contributed by atoms with E-state index in [1.807, 2.05) is 86.6 Å². The van der Waals surface area contributed by atoms with E-state index in [9.17, 15) is 9.59 Å². The van der Waals surface area contributed by atoms with E-state index in [0.717, 1.165) is 22.3 Å². The van der Waals surface area contributed by atoms with Crippen molar-refractivity contribution in [3.63, 3.8) is 0 Å². The molecule has 0 bridgehead atoms. The fourth-order valence-electron chi connectivity index (χ4n) is 3.74. The molecule has 3 rings (SSSR count). The summed E-state index contributed by atoms with van der Waals surface area (Å²) in [6.45, 7) is 4.16. The van der Waals surface area contributed by atoms with Crippen LogP contribution in [0.2, 0.25) is 0 Å². The molecule has 0 aromatic heterocycles. The van der Waals surface area contributed by atoms with Crippen molar-refractivity contribution in [2.45, 2.75) is 32.9 Å². The van der Waals surface area contributed by atoms with Gasteiger partial charge in [-0.3, -0.25) is 9.59 Å². The van der Waals surface area contributed by atoms with Gasteiger partial charge in [-0.1, -0.05) is 66.7 Å². The Morgan fingerprint density at radius 1 is 0.875 bits per heavy atom. The number of hydrogen-bond acceptors (Lipinski definition) is 3.